The number of carbonyl (C=O) groups excluding carboxylic acids is 1. The van der Waals surface area contributed by atoms with Crippen molar-refractivity contribution in [2.45, 2.75) is 18.2 Å². The number of hydrogen-bond donors (Lipinski definition) is 1. The summed E-state index contributed by atoms with van der Waals surface area (Å²) < 4.78 is 7.16. The Bertz CT molecular complexity index is 902. The van der Waals surface area contributed by atoms with Gasteiger partial charge < -0.3 is 10.1 Å². The molecule has 27 heavy (non-hydrogen) atoms. The number of nitrogens with zero attached hydrogens (tertiary/aromatic N) is 3. The predicted octanol–water partition coefficient (Wildman–Crippen LogP) is 4.19. The van der Waals surface area contributed by atoms with Crippen LogP contribution in [0, 0.1) is 0 Å². The van der Waals surface area contributed by atoms with Crippen LogP contribution >= 0.6 is 23.4 Å². The number of anilines is 1. The SMILES string of the molecule is COCc1nnc(SCCC(=O)Nc2ccccc2Cl)n1-c1ccccc1. The Kier molecular flexibility index (Phi) is 6.86. The number of nitrogens with one attached hydrogen (secondary N) is 1. The van der Waals surface area contributed by atoms with Crippen LogP contribution in [0.5, 0.6) is 0 Å². The summed E-state index contributed by atoms with van der Waals surface area (Å²) in [5.41, 5.74) is 1.57. The topological polar surface area (TPSA) is 69.0 Å². The van der Waals surface area contributed by atoms with Gasteiger partial charge in [0.05, 0.1) is 10.7 Å². The summed E-state index contributed by atoms with van der Waals surface area (Å²) in [6.45, 7) is 0.357. The van der Waals surface area contributed by atoms with E-state index in [9.17, 15) is 4.79 Å². The molecule has 0 fully saturated rings. The number of aromatic nitrogens is 3. The Morgan fingerprint density at radius 2 is 1.89 bits per heavy atom. The predicted molar refractivity (Wildman–Crippen MR) is 107 cm³/mol. The van der Waals surface area contributed by atoms with Gasteiger partial charge in [-0.1, -0.05) is 53.7 Å². The van der Waals surface area contributed by atoms with Gasteiger partial charge in [-0.15, -0.1) is 10.2 Å². The third-order valence-electron chi connectivity index (χ3n) is 3.70. The molecule has 1 heterocycles. The van der Waals surface area contributed by atoms with E-state index in [1.807, 2.05) is 47.0 Å². The van der Waals surface area contributed by atoms with Gasteiger partial charge in [0, 0.05) is 25.0 Å². The summed E-state index contributed by atoms with van der Waals surface area (Å²) in [4.78, 5) is 12.2. The molecule has 0 bridgehead atoms. The Morgan fingerprint density at radius 3 is 2.63 bits per heavy atom. The first-order chi connectivity index (χ1) is 13.2. The van der Waals surface area contributed by atoms with Gasteiger partial charge in [0.25, 0.3) is 0 Å². The first-order valence-corrected chi connectivity index (χ1v) is 9.71. The standard InChI is InChI=1S/C19H19ClN4O2S/c1-26-13-17-22-23-19(24(17)14-7-3-2-4-8-14)27-12-11-18(25)21-16-10-6-5-9-15(16)20/h2-10H,11-13H2,1H3,(H,21,25). The molecule has 0 aliphatic heterocycles. The Morgan fingerprint density at radius 1 is 1.15 bits per heavy atom. The van der Waals surface area contributed by atoms with Gasteiger partial charge in [-0.2, -0.15) is 0 Å². The van der Waals surface area contributed by atoms with Crippen LogP contribution in [-0.2, 0) is 16.1 Å². The van der Waals surface area contributed by atoms with E-state index in [4.69, 9.17) is 16.3 Å². The molecule has 2 aromatic carbocycles. The second-order valence-corrected chi connectivity index (χ2v) is 7.10. The summed E-state index contributed by atoms with van der Waals surface area (Å²) in [6, 6.07) is 17.0. The molecule has 3 aromatic rings. The molecule has 0 spiro atoms. The maximum Gasteiger partial charge on any atom is 0.225 e. The summed E-state index contributed by atoms with van der Waals surface area (Å²) in [7, 11) is 1.62. The molecule has 0 radical (unpaired) electrons. The van der Waals surface area contributed by atoms with Gasteiger partial charge in [0.2, 0.25) is 5.91 Å². The largest absolute Gasteiger partial charge is 0.377 e. The van der Waals surface area contributed by atoms with E-state index in [1.165, 1.54) is 11.8 Å². The summed E-state index contributed by atoms with van der Waals surface area (Å²) >= 11 is 7.54. The van der Waals surface area contributed by atoms with E-state index in [0.29, 0.717) is 35.3 Å². The van der Waals surface area contributed by atoms with E-state index in [1.54, 1.807) is 19.2 Å². The summed E-state index contributed by atoms with van der Waals surface area (Å²) in [5, 5.41) is 12.5. The molecule has 0 saturated carbocycles. The fourth-order valence-electron chi connectivity index (χ4n) is 2.46. The van der Waals surface area contributed by atoms with Gasteiger partial charge in [-0.3, -0.25) is 9.36 Å². The number of amides is 1. The quantitative estimate of drug-likeness (QED) is 0.572. The molecule has 6 nitrogen and oxygen atoms in total. The zero-order valence-electron chi connectivity index (χ0n) is 14.8. The molecule has 1 amide bonds. The average molecular weight is 403 g/mol. The summed E-state index contributed by atoms with van der Waals surface area (Å²) in [6.07, 6.45) is 0.331. The summed E-state index contributed by atoms with van der Waals surface area (Å²) in [5.74, 6) is 1.18. The van der Waals surface area contributed by atoms with Crippen molar-refractivity contribution in [2.24, 2.45) is 0 Å². The van der Waals surface area contributed by atoms with Crippen molar-refractivity contribution in [1.82, 2.24) is 14.8 Å². The van der Waals surface area contributed by atoms with Crippen LogP contribution in [0.15, 0.2) is 59.8 Å². The highest BCUT2D eigenvalue weighted by molar-refractivity contribution is 7.99. The number of hydrogen-bond acceptors (Lipinski definition) is 5. The third kappa shape index (κ3) is 5.09. The van der Waals surface area contributed by atoms with Crippen molar-refractivity contribution < 1.29 is 9.53 Å². The molecule has 3 rings (SSSR count). The Labute approximate surface area is 166 Å². The second-order valence-electron chi connectivity index (χ2n) is 5.63. The zero-order chi connectivity index (χ0) is 19.1. The maximum atomic E-state index is 12.2. The zero-order valence-corrected chi connectivity index (χ0v) is 16.3. The monoisotopic (exact) mass is 402 g/mol. The maximum absolute atomic E-state index is 12.2. The number of methoxy groups -OCH3 is 1. The number of para-hydroxylation sites is 2. The number of rotatable bonds is 8. The molecular weight excluding hydrogens is 384 g/mol. The second kappa shape index (κ2) is 9.55. The van der Waals surface area contributed by atoms with Gasteiger partial charge in [-0.25, -0.2) is 0 Å². The normalized spacial score (nSPS) is 10.7. The van der Waals surface area contributed by atoms with Gasteiger partial charge in [-0.05, 0) is 24.3 Å². The molecule has 0 atom stereocenters. The lowest BCUT2D eigenvalue weighted by atomic mass is 10.3. The molecule has 140 valence electrons. The smallest absolute Gasteiger partial charge is 0.225 e. The number of carbonyl (C=O) groups is 1. The highest BCUT2D eigenvalue weighted by Gasteiger charge is 2.15. The minimum atomic E-state index is -0.0986. The molecule has 8 heteroatoms. The van der Waals surface area contributed by atoms with E-state index in [-0.39, 0.29) is 5.91 Å². The lowest BCUT2D eigenvalue weighted by Gasteiger charge is -2.10. The van der Waals surface area contributed by atoms with Gasteiger partial charge in [0.1, 0.15) is 6.61 Å². The van der Waals surface area contributed by atoms with Crippen LogP contribution in [0.25, 0.3) is 5.69 Å². The minimum absolute atomic E-state index is 0.0986. The van der Waals surface area contributed by atoms with Crippen LogP contribution < -0.4 is 5.32 Å². The molecule has 1 aromatic heterocycles. The fraction of sp³-hybridized carbons (Fsp3) is 0.211. The van der Waals surface area contributed by atoms with Crippen LogP contribution in [0.1, 0.15) is 12.2 Å². The molecule has 1 N–H and O–H groups in total. The first-order valence-electron chi connectivity index (χ1n) is 8.35. The number of ether oxygens (including phenoxy) is 1. The minimum Gasteiger partial charge on any atom is -0.377 e. The molecule has 0 unspecified atom stereocenters. The lowest BCUT2D eigenvalue weighted by Crippen LogP contribution is -2.12. The molecular formula is C19H19ClN4O2S. The van der Waals surface area contributed by atoms with Crippen molar-refractivity contribution in [2.75, 3.05) is 18.2 Å². The third-order valence-corrected chi connectivity index (χ3v) is 4.96. The van der Waals surface area contributed by atoms with E-state index in [0.717, 1.165) is 10.8 Å². The Hall–Kier alpha value is -2.35. The highest BCUT2D eigenvalue weighted by Crippen LogP contribution is 2.24. The van der Waals surface area contributed by atoms with Gasteiger partial charge in [0.15, 0.2) is 11.0 Å². The highest BCUT2D eigenvalue weighted by atomic mass is 35.5. The van der Waals surface area contributed by atoms with Crippen LogP contribution in [0.4, 0.5) is 5.69 Å². The lowest BCUT2D eigenvalue weighted by molar-refractivity contribution is -0.115. The van der Waals surface area contributed by atoms with Crippen molar-refractivity contribution in [3.8, 4) is 5.69 Å². The molecule has 0 aliphatic carbocycles. The van der Waals surface area contributed by atoms with E-state index >= 15 is 0 Å². The van der Waals surface area contributed by atoms with E-state index < -0.39 is 0 Å². The average Bonchev–Trinajstić information content (AvgIpc) is 3.07. The number of benzene rings is 2. The first kappa shape index (κ1) is 19.4. The van der Waals surface area contributed by atoms with Crippen molar-refractivity contribution in [1.29, 1.82) is 0 Å². The van der Waals surface area contributed by atoms with Crippen molar-refractivity contribution in [3.05, 3.63) is 65.4 Å². The van der Waals surface area contributed by atoms with E-state index in [2.05, 4.69) is 15.5 Å². The fourth-order valence-corrected chi connectivity index (χ4v) is 3.55. The van der Waals surface area contributed by atoms with Crippen LogP contribution in [0.3, 0.4) is 0 Å². The van der Waals surface area contributed by atoms with Crippen LogP contribution in [-0.4, -0.2) is 33.5 Å². The number of thioether (sulfide) groups is 1. The van der Waals surface area contributed by atoms with Crippen molar-refractivity contribution in [3.63, 3.8) is 0 Å². The van der Waals surface area contributed by atoms with Gasteiger partial charge >= 0.3 is 0 Å². The Balaban J connectivity index is 1.64. The number of halogens is 1. The van der Waals surface area contributed by atoms with Crippen molar-refractivity contribution >= 4 is 35.0 Å². The van der Waals surface area contributed by atoms with Crippen LogP contribution in [0.2, 0.25) is 5.02 Å². The molecule has 0 saturated heterocycles. The molecule has 0 aliphatic rings.